The van der Waals surface area contributed by atoms with Gasteiger partial charge in [-0.3, -0.25) is 0 Å². The van der Waals surface area contributed by atoms with Crippen LogP contribution in [0.4, 0.5) is 13.2 Å². The molecule has 10 heteroatoms. The van der Waals surface area contributed by atoms with E-state index in [0.717, 1.165) is 0 Å². The lowest BCUT2D eigenvalue weighted by Gasteiger charge is -2.38. The molecule has 0 saturated heterocycles. The van der Waals surface area contributed by atoms with Crippen LogP contribution in [-0.2, 0) is 0 Å². The Morgan fingerprint density at radius 1 is 0.621 bits per heavy atom. The molecule has 1 rings (SSSR count). The van der Waals surface area contributed by atoms with E-state index in [4.69, 9.17) is 23.2 Å². The summed E-state index contributed by atoms with van der Waals surface area (Å²) >= 11 is 14.1. The molecule has 0 bridgehead atoms. The lowest BCUT2D eigenvalue weighted by Crippen LogP contribution is -3.00. The standard InChI is InChI=1S/C12H28N.C6F3I3.CH2Cl2.HI/c1-5-9-13(10-6-2,11-7-3)12-8-4;7-1-4(10)2(8)6(12)3(9)5(1)11;2-1-3;/h5-12H2,1-4H3;;1H2;1H/q+1;;;/p-1. The van der Waals surface area contributed by atoms with Crippen molar-refractivity contribution in [1.82, 2.24) is 0 Å². The van der Waals surface area contributed by atoms with Crippen LogP contribution in [0.25, 0.3) is 0 Å². The number of quaternary nitrogens is 1. The summed E-state index contributed by atoms with van der Waals surface area (Å²) in [4.78, 5) is 0. The quantitative estimate of drug-likeness (QED) is 0.102. The second-order valence-corrected chi connectivity index (χ2v) is 10.3. The molecule has 0 spiro atoms. The summed E-state index contributed by atoms with van der Waals surface area (Å²) < 4.78 is 39.7. The summed E-state index contributed by atoms with van der Waals surface area (Å²) in [5, 5.41) is 0.194. The third-order valence-corrected chi connectivity index (χ3v) is 6.79. The first-order valence-electron chi connectivity index (χ1n) is 9.26. The first-order chi connectivity index (χ1) is 13.1. The van der Waals surface area contributed by atoms with E-state index in [0.29, 0.717) is 0 Å². The Balaban J connectivity index is -0.000000399. The van der Waals surface area contributed by atoms with Crippen LogP contribution in [0.2, 0.25) is 0 Å². The minimum atomic E-state index is -0.827. The maximum absolute atomic E-state index is 12.9. The Labute approximate surface area is 242 Å². The van der Waals surface area contributed by atoms with Crippen LogP contribution in [0, 0.1) is 28.2 Å². The smallest absolute Gasteiger partial charge is 0.155 e. The molecule has 1 aromatic carbocycles. The highest BCUT2D eigenvalue weighted by atomic mass is 127. The molecule has 0 heterocycles. The Morgan fingerprint density at radius 3 is 0.931 bits per heavy atom. The van der Waals surface area contributed by atoms with E-state index < -0.39 is 17.5 Å². The van der Waals surface area contributed by atoms with Gasteiger partial charge in [0.05, 0.1) is 42.2 Å². The third kappa shape index (κ3) is 13.7. The molecule has 174 valence electrons. The van der Waals surface area contributed by atoms with Crippen molar-refractivity contribution in [3.63, 3.8) is 0 Å². The fourth-order valence-corrected chi connectivity index (χ4v) is 6.31. The Kier molecular flexibility index (Phi) is 26.1. The van der Waals surface area contributed by atoms with E-state index in [1.165, 1.54) is 124 Å². The van der Waals surface area contributed by atoms with Crippen molar-refractivity contribution < 1.29 is 41.6 Å². The largest absolute Gasteiger partial charge is 1.00 e. The lowest BCUT2D eigenvalue weighted by atomic mass is 10.2. The van der Waals surface area contributed by atoms with Gasteiger partial charge in [-0.25, -0.2) is 13.2 Å². The maximum atomic E-state index is 12.9. The molecule has 0 aromatic heterocycles. The number of nitrogens with zero attached hydrogens (tertiary/aromatic N) is 1. The van der Waals surface area contributed by atoms with Gasteiger partial charge in [-0.1, -0.05) is 27.7 Å². The van der Waals surface area contributed by atoms with Crippen molar-refractivity contribution in [3.05, 3.63) is 28.2 Å². The summed E-state index contributed by atoms with van der Waals surface area (Å²) in [6.45, 7) is 14.8. The highest BCUT2D eigenvalue weighted by molar-refractivity contribution is 14.1. The summed E-state index contributed by atoms with van der Waals surface area (Å²) in [6.07, 6.45) is 5.33. The molecule has 0 aliphatic carbocycles. The van der Waals surface area contributed by atoms with Gasteiger partial charge in [0.25, 0.3) is 0 Å². The van der Waals surface area contributed by atoms with Crippen molar-refractivity contribution >= 4 is 91.0 Å². The van der Waals surface area contributed by atoms with Gasteiger partial charge < -0.3 is 28.5 Å². The van der Waals surface area contributed by atoms with E-state index in [1.807, 2.05) is 0 Å². The van der Waals surface area contributed by atoms with E-state index in [9.17, 15) is 13.2 Å². The minimum Gasteiger partial charge on any atom is -1.00 e. The predicted octanol–water partition coefficient (Wildman–Crippen LogP) is 5.79. The molecule has 0 amide bonds. The molecule has 1 nitrogen and oxygen atoms in total. The second-order valence-electron chi connectivity index (χ2n) is 6.22. The van der Waals surface area contributed by atoms with E-state index in [-0.39, 0.29) is 40.0 Å². The van der Waals surface area contributed by atoms with Gasteiger partial charge in [0, 0.05) is 0 Å². The number of benzene rings is 1. The van der Waals surface area contributed by atoms with Gasteiger partial charge in [-0.2, -0.15) is 0 Å². The lowest BCUT2D eigenvalue weighted by molar-refractivity contribution is -0.928. The Hall–Kier alpha value is 2.47. The molecule has 0 atom stereocenters. The SMILES string of the molecule is CCC[N+](CCC)(CCC)CCC.ClCCl.Fc1c(I)c(F)c(I)c(F)c1I.[I-]. The Bertz CT molecular complexity index is 432. The molecule has 1 aromatic rings. The van der Waals surface area contributed by atoms with Gasteiger partial charge in [0.1, 0.15) is 0 Å². The van der Waals surface area contributed by atoms with Crippen LogP contribution in [0.5, 0.6) is 0 Å². The van der Waals surface area contributed by atoms with Crippen LogP contribution in [0.1, 0.15) is 53.4 Å². The summed E-state index contributed by atoms with van der Waals surface area (Å²) in [7, 11) is 0. The molecule has 0 fully saturated rings. The molecule has 0 N–H and O–H groups in total. The van der Waals surface area contributed by atoms with Crippen LogP contribution >= 0.6 is 91.0 Å². The highest BCUT2D eigenvalue weighted by Crippen LogP contribution is 2.28. The van der Waals surface area contributed by atoms with E-state index in [1.54, 1.807) is 0 Å². The minimum absolute atomic E-state index is 0. The van der Waals surface area contributed by atoms with Crippen molar-refractivity contribution in [2.24, 2.45) is 0 Å². The summed E-state index contributed by atoms with van der Waals surface area (Å²) in [6, 6.07) is 0. The summed E-state index contributed by atoms with van der Waals surface area (Å²) in [5.74, 6) is -2.48. The second kappa shape index (κ2) is 21.0. The maximum Gasteiger partial charge on any atom is 0.155 e. The molecule has 0 aliphatic heterocycles. The molecular weight excluding hydrogens is 878 g/mol. The van der Waals surface area contributed by atoms with E-state index in [2.05, 4.69) is 27.7 Å². The third-order valence-electron chi connectivity index (χ3n) is 3.95. The monoisotopic (exact) mass is 907 g/mol. The van der Waals surface area contributed by atoms with Crippen molar-refractivity contribution in [1.29, 1.82) is 0 Å². The van der Waals surface area contributed by atoms with Gasteiger partial charge in [-0.15, -0.1) is 23.2 Å². The average Bonchev–Trinajstić information content (AvgIpc) is 2.65. The van der Waals surface area contributed by atoms with Gasteiger partial charge in [0.15, 0.2) is 17.5 Å². The van der Waals surface area contributed by atoms with Crippen LogP contribution in [0.15, 0.2) is 0 Å². The van der Waals surface area contributed by atoms with E-state index >= 15 is 0 Å². The number of alkyl halides is 2. The Morgan fingerprint density at radius 2 is 0.793 bits per heavy atom. The van der Waals surface area contributed by atoms with Crippen LogP contribution < -0.4 is 24.0 Å². The normalized spacial score (nSPS) is 10.3. The molecule has 0 saturated carbocycles. The first kappa shape index (κ1) is 36.0. The van der Waals surface area contributed by atoms with Gasteiger partial charge in [0.2, 0.25) is 0 Å². The topological polar surface area (TPSA) is 0 Å². The molecule has 29 heavy (non-hydrogen) atoms. The van der Waals surface area contributed by atoms with Gasteiger partial charge >= 0.3 is 0 Å². The first-order valence-corrected chi connectivity index (χ1v) is 13.6. The fourth-order valence-electron chi connectivity index (χ4n) is 3.15. The number of rotatable bonds is 8. The number of hydrogen-bond donors (Lipinski definition) is 0. The zero-order chi connectivity index (χ0) is 22.3. The highest BCUT2D eigenvalue weighted by Gasteiger charge is 2.23. The van der Waals surface area contributed by atoms with Crippen molar-refractivity contribution in [3.8, 4) is 0 Å². The zero-order valence-electron chi connectivity index (χ0n) is 17.2. The fraction of sp³-hybridized carbons (Fsp3) is 0.684. The van der Waals surface area contributed by atoms with Crippen molar-refractivity contribution in [2.45, 2.75) is 53.4 Å². The average molecular weight is 908 g/mol. The van der Waals surface area contributed by atoms with Crippen LogP contribution in [0.3, 0.4) is 0 Å². The molecule has 0 unspecified atom stereocenters. The van der Waals surface area contributed by atoms with Gasteiger partial charge in [-0.05, 0) is 93.5 Å². The number of hydrogen-bond acceptors (Lipinski definition) is 0. The summed E-state index contributed by atoms with van der Waals surface area (Å²) in [5.41, 5.74) is 0. The predicted molar refractivity (Wildman–Crippen MR) is 142 cm³/mol. The molecular formula is C19H30Cl2F3I4N. The number of halogens is 9. The molecule has 0 radical (unpaired) electrons. The van der Waals surface area contributed by atoms with Crippen LogP contribution in [-0.4, -0.2) is 36.0 Å². The zero-order valence-corrected chi connectivity index (χ0v) is 27.4. The molecule has 0 aliphatic rings. The van der Waals surface area contributed by atoms with Crippen molar-refractivity contribution in [2.75, 3.05) is 31.5 Å².